The number of carboxylic acid groups (broad SMARTS) is 1. The van der Waals surface area contributed by atoms with Crippen LogP contribution in [0.5, 0.6) is 0 Å². The van der Waals surface area contributed by atoms with Crippen molar-refractivity contribution in [2.24, 2.45) is 0 Å². The van der Waals surface area contributed by atoms with Crippen molar-refractivity contribution < 1.29 is 9.90 Å². The number of fused-ring (bicyclic) bond motifs is 2. The van der Waals surface area contributed by atoms with E-state index < -0.39 is 11.5 Å². The molecule has 1 N–H and O–H groups in total. The van der Waals surface area contributed by atoms with Crippen LogP contribution in [0.2, 0.25) is 0 Å². The third kappa shape index (κ3) is 3.74. The molecule has 40 heavy (non-hydrogen) atoms. The number of aromatic nitrogens is 2. The lowest BCUT2D eigenvalue weighted by Gasteiger charge is -2.36. The summed E-state index contributed by atoms with van der Waals surface area (Å²) in [4.78, 5) is 13.3. The predicted octanol–water partition coefficient (Wildman–Crippen LogP) is 8.46. The maximum absolute atomic E-state index is 12.2. The van der Waals surface area contributed by atoms with Crippen LogP contribution in [0.4, 0.5) is 0 Å². The number of rotatable bonds is 6. The van der Waals surface area contributed by atoms with Gasteiger partial charge in [0.2, 0.25) is 0 Å². The Balaban J connectivity index is 1.63. The number of aromatic carboxylic acids is 1. The minimum absolute atomic E-state index is 0.284. The molecule has 192 valence electrons. The lowest BCUT2D eigenvalue weighted by molar-refractivity contribution is 0.0702. The van der Waals surface area contributed by atoms with Crippen molar-refractivity contribution in [2.45, 2.75) is 5.54 Å². The molecule has 0 saturated heterocycles. The molecule has 0 aliphatic carbocycles. The molecule has 7 rings (SSSR count). The molecule has 0 fully saturated rings. The van der Waals surface area contributed by atoms with E-state index in [1.807, 2.05) is 71.4 Å². The van der Waals surface area contributed by atoms with Crippen LogP contribution >= 0.6 is 11.3 Å². The quantitative estimate of drug-likeness (QED) is 0.217. The van der Waals surface area contributed by atoms with Gasteiger partial charge in [0, 0.05) is 10.9 Å². The molecule has 2 heterocycles. The van der Waals surface area contributed by atoms with Gasteiger partial charge < -0.3 is 5.11 Å². The monoisotopic (exact) mass is 536 g/mol. The minimum Gasteiger partial charge on any atom is -0.477 e. The summed E-state index contributed by atoms with van der Waals surface area (Å²) in [5.41, 5.74) is 3.96. The maximum Gasteiger partial charge on any atom is 0.345 e. The SMILES string of the molecule is O=C(O)c1cc2c(-c3ccc4ccccc4c3)nn(C(c3ccccc3)(c3ccccc3)c3ccccc3)c2s1. The summed E-state index contributed by atoms with van der Waals surface area (Å²) in [5.74, 6) is -0.943. The molecule has 0 atom stereocenters. The van der Waals surface area contributed by atoms with E-state index in [1.165, 1.54) is 11.3 Å². The van der Waals surface area contributed by atoms with Crippen molar-refractivity contribution in [1.29, 1.82) is 0 Å². The molecule has 0 aliphatic heterocycles. The van der Waals surface area contributed by atoms with E-state index >= 15 is 0 Å². The largest absolute Gasteiger partial charge is 0.477 e. The number of carbonyl (C=O) groups is 1. The normalized spacial score (nSPS) is 11.7. The van der Waals surface area contributed by atoms with Gasteiger partial charge in [-0.15, -0.1) is 11.3 Å². The summed E-state index contributed by atoms with van der Waals surface area (Å²) in [6.07, 6.45) is 0. The van der Waals surface area contributed by atoms with Gasteiger partial charge in [-0.1, -0.05) is 127 Å². The van der Waals surface area contributed by atoms with Gasteiger partial charge in [-0.2, -0.15) is 5.10 Å². The molecular weight excluding hydrogens is 512 g/mol. The number of benzene rings is 5. The van der Waals surface area contributed by atoms with Crippen molar-refractivity contribution in [3.63, 3.8) is 0 Å². The molecule has 4 nitrogen and oxygen atoms in total. The molecule has 0 radical (unpaired) electrons. The second-order valence-electron chi connectivity index (χ2n) is 9.77. The van der Waals surface area contributed by atoms with E-state index in [4.69, 9.17) is 5.10 Å². The second-order valence-corrected chi connectivity index (χ2v) is 10.8. The predicted molar refractivity (Wildman–Crippen MR) is 162 cm³/mol. The van der Waals surface area contributed by atoms with Crippen molar-refractivity contribution >= 4 is 38.3 Å². The molecule has 7 aromatic rings. The summed E-state index contributed by atoms with van der Waals surface area (Å²) in [6, 6.07) is 47.3. The Morgan fingerprint density at radius 1 is 0.650 bits per heavy atom. The Hall–Kier alpha value is -5.00. The van der Waals surface area contributed by atoms with Gasteiger partial charge in [-0.05, 0) is 39.6 Å². The van der Waals surface area contributed by atoms with E-state index in [2.05, 4.69) is 66.7 Å². The summed E-state index contributed by atoms with van der Waals surface area (Å²) < 4.78 is 2.05. The van der Waals surface area contributed by atoms with E-state index in [9.17, 15) is 9.90 Å². The highest BCUT2D eigenvalue weighted by Crippen LogP contribution is 2.46. The third-order valence-corrected chi connectivity index (χ3v) is 8.58. The van der Waals surface area contributed by atoms with Gasteiger partial charge in [0.25, 0.3) is 0 Å². The molecule has 0 amide bonds. The van der Waals surface area contributed by atoms with Gasteiger partial charge in [0.1, 0.15) is 20.9 Å². The third-order valence-electron chi connectivity index (χ3n) is 7.49. The zero-order chi connectivity index (χ0) is 27.1. The van der Waals surface area contributed by atoms with Crippen molar-refractivity contribution in [3.05, 3.63) is 161 Å². The minimum atomic E-state index is -0.943. The Labute approximate surface area is 235 Å². The van der Waals surface area contributed by atoms with Crippen LogP contribution in [0.15, 0.2) is 140 Å². The number of thiophene rings is 1. The standard InChI is InChI=1S/C35H24N2O2S/c38-34(39)31-23-30-32(26-21-20-24-12-10-11-13-25(24)22-26)36-37(33(30)40-31)35(27-14-4-1-5-15-27,28-16-6-2-7-17-28)29-18-8-3-9-19-29/h1-23H,(H,38,39). The van der Waals surface area contributed by atoms with E-state index in [-0.39, 0.29) is 4.88 Å². The lowest BCUT2D eigenvalue weighted by atomic mass is 9.77. The summed E-state index contributed by atoms with van der Waals surface area (Å²) >= 11 is 1.26. The number of hydrogen-bond acceptors (Lipinski definition) is 3. The molecule has 0 saturated carbocycles. The molecule has 0 spiro atoms. The van der Waals surface area contributed by atoms with E-state index in [0.29, 0.717) is 0 Å². The lowest BCUT2D eigenvalue weighted by Crippen LogP contribution is -2.38. The smallest absolute Gasteiger partial charge is 0.345 e. The Morgan fingerprint density at radius 3 is 1.73 bits per heavy atom. The number of nitrogens with zero attached hydrogens (tertiary/aromatic N) is 2. The molecular formula is C35H24N2O2S. The first-order valence-corrected chi connectivity index (χ1v) is 13.9. The average molecular weight is 537 g/mol. The van der Waals surface area contributed by atoms with E-state index in [0.717, 1.165) is 48.9 Å². The van der Waals surface area contributed by atoms with Crippen LogP contribution in [0.3, 0.4) is 0 Å². The fraction of sp³-hybridized carbons (Fsp3) is 0.0286. The zero-order valence-electron chi connectivity index (χ0n) is 21.4. The van der Waals surface area contributed by atoms with Gasteiger partial charge in [0.05, 0.1) is 0 Å². The molecule has 0 bridgehead atoms. The van der Waals surface area contributed by atoms with Crippen molar-refractivity contribution in [3.8, 4) is 11.3 Å². The molecule has 5 heteroatoms. The highest BCUT2D eigenvalue weighted by Gasteiger charge is 2.41. The van der Waals surface area contributed by atoms with Crippen LogP contribution in [-0.4, -0.2) is 20.9 Å². The fourth-order valence-corrected chi connectivity index (χ4v) is 6.70. The van der Waals surface area contributed by atoms with Crippen LogP contribution in [0.1, 0.15) is 26.4 Å². The highest BCUT2D eigenvalue weighted by atomic mass is 32.1. The molecule has 2 aromatic heterocycles. The Kier molecular flexibility index (Phi) is 5.80. The van der Waals surface area contributed by atoms with E-state index in [1.54, 1.807) is 6.07 Å². The van der Waals surface area contributed by atoms with Gasteiger partial charge in [0.15, 0.2) is 0 Å². The average Bonchev–Trinajstić information content (AvgIpc) is 3.60. The fourth-order valence-electron chi connectivity index (χ4n) is 5.70. The topological polar surface area (TPSA) is 55.1 Å². The number of carboxylic acids is 1. The van der Waals surface area contributed by atoms with Gasteiger partial charge in [-0.25, -0.2) is 9.48 Å². The molecule has 0 unspecified atom stereocenters. The zero-order valence-corrected chi connectivity index (χ0v) is 22.3. The first-order valence-electron chi connectivity index (χ1n) is 13.1. The first kappa shape index (κ1) is 24.1. The highest BCUT2D eigenvalue weighted by molar-refractivity contribution is 7.20. The maximum atomic E-state index is 12.2. The van der Waals surface area contributed by atoms with Gasteiger partial charge >= 0.3 is 5.97 Å². The van der Waals surface area contributed by atoms with Crippen molar-refractivity contribution in [1.82, 2.24) is 9.78 Å². The number of hydrogen-bond donors (Lipinski definition) is 1. The first-order chi connectivity index (χ1) is 19.7. The van der Waals surface area contributed by atoms with Crippen LogP contribution in [-0.2, 0) is 5.54 Å². The second kappa shape index (κ2) is 9.63. The van der Waals surface area contributed by atoms with Gasteiger partial charge in [-0.3, -0.25) is 0 Å². The summed E-state index contributed by atoms with van der Waals surface area (Å²) in [6.45, 7) is 0. The van der Waals surface area contributed by atoms with Crippen LogP contribution in [0, 0.1) is 0 Å². The molecule has 0 aliphatic rings. The van der Waals surface area contributed by atoms with Crippen LogP contribution in [0.25, 0.3) is 32.2 Å². The Morgan fingerprint density at radius 2 is 1.18 bits per heavy atom. The van der Waals surface area contributed by atoms with Crippen LogP contribution < -0.4 is 0 Å². The summed E-state index contributed by atoms with van der Waals surface area (Å²) in [5, 5.41) is 18.5. The summed E-state index contributed by atoms with van der Waals surface area (Å²) in [7, 11) is 0. The van der Waals surface area contributed by atoms with Crippen molar-refractivity contribution in [2.75, 3.05) is 0 Å². The molecule has 5 aromatic carbocycles. The Bertz CT molecular complexity index is 1880.